The number of nitrogens with two attached hydrogens (primary N) is 1. The van der Waals surface area contributed by atoms with Crippen LogP contribution in [0.15, 0.2) is 55.1 Å². The van der Waals surface area contributed by atoms with Crippen LogP contribution in [0.5, 0.6) is 0 Å². The lowest BCUT2D eigenvalue weighted by molar-refractivity contribution is -0.138. The number of benzene rings is 1. The van der Waals surface area contributed by atoms with E-state index in [4.69, 9.17) is 5.73 Å². The number of nitrogen functional groups attached to an aromatic ring is 1. The van der Waals surface area contributed by atoms with E-state index in [1.54, 1.807) is 37.6 Å². The average molecular weight is 560 g/mol. The van der Waals surface area contributed by atoms with Crippen LogP contribution in [0.1, 0.15) is 38.3 Å². The van der Waals surface area contributed by atoms with Gasteiger partial charge in [0.1, 0.15) is 5.82 Å². The van der Waals surface area contributed by atoms with Crippen molar-refractivity contribution < 1.29 is 18.0 Å². The van der Waals surface area contributed by atoms with E-state index in [1.165, 1.54) is 18.3 Å². The lowest BCUT2D eigenvalue weighted by Crippen LogP contribution is -2.44. The molecule has 1 fully saturated rings. The van der Waals surface area contributed by atoms with E-state index in [2.05, 4.69) is 37.0 Å². The first kappa shape index (κ1) is 28.0. The molecule has 1 aromatic carbocycles. The number of aryl methyl sites for hydroxylation is 1. The van der Waals surface area contributed by atoms with Gasteiger partial charge in [0, 0.05) is 79.5 Å². The Balaban J connectivity index is 1.37. The Labute approximate surface area is 235 Å². The molecule has 11 heteroatoms. The van der Waals surface area contributed by atoms with Gasteiger partial charge in [-0.15, -0.1) is 0 Å². The van der Waals surface area contributed by atoms with Crippen LogP contribution in [0.25, 0.3) is 10.8 Å². The first-order valence-electron chi connectivity index (χ1n) is 13.0. The molecule has 5 rings (SSSR count). The van der Waals surface area contributed by atoms with Gasteiger partial charge in [-0.05, 0) is 43.8 Å². The number of aromatic nitrogens is 3. The number of fused-ring (bicyclic) bond motifs is 1. The van der Waals surface area contributed by atoms with Crippen LogP contribution in [0.2, 0.25) is 0 Å². The summed E-state index contributed by atoms with van der Waals surface area (Å²) in [6, 6.07) is 7.22. The molecule has 1 saturated heterocycles. The Hall–Kier alpha value is -4.53. The number of likely N-dealkylation sites (N-methyl/N-ethyl adjacent to an activating group) is 1. The van der Waals surface area contributed by atoms with Crippen molar-refractivity contribution in [2.75, 3.05) is 44.3 Å². The number of hydrogen-bond donors (Lipinski definition) is 2. The van der Waals surface area contributed by atoms with Crippen molar-refractivity contribution in [1.29, 1.82) is 0 Å². The Morgan fingerprint density at radius 1 is 1.00 bits per heavy atom. The van der Waals surface area contributed by atoms with Crippen LogP contribution in [0, 0.1) is 18.8 Å². The molecule has 4 heterocycles. The summed E-state index contributed by atoms with van der Waals surface area (Å²) >= 11 is 0. The number of hydrogen-bond acceptors (Lipinski definition) is 7. The largest absolute Gasteiger partial charge is 0.416 e. The summed E-state index contributed by atoms with van der Waals surface area (Å²) in [5.41, 5.74) is 7.26. The van der Waals surface area contributed by atoms with Gasteiger partial charge in [0.05, 0.1) is 22.4 Å². The lowest BCUT2D eigenvalue weighted by Gasteiger charge is -2.33. The normalized spacial score (nSPS) is 14.5. The summed E-state index contributed by atoms with van der Waals surface area (Å²) in [6.07, 6.45) is 1.63. The van der Waals surface area contributed by atoms with Gasteiger partial charge in [0.25, 0.3) is 5.91 Å². The van der Waals surface area contributed by atoms with Gasteiger partial charge < -0.3 is 16.0 Å². The van der Waals surface area contributed by atoms with E-state index in [0.717, 1.165) is 29.9 Å². The molecule has 1 aliphatic rings. The van der Waals surface area contributed by atoms with E-state index in [-0.39, 0.29) is 23.4 Å². The van der Waals surface area contributed by atoms with Crippen molar-refractivity contribution in [1.82, 2.24) is 24.8 Å². The molecular weight excluding hydrogens is 531 g/mol. The monoisotopic (exact) mass is 559 g/mol. The molecule has 3 N–H and O–H groups in total. The molecule has 0 unspecified atom stereocenters. The summed E-state index contributed by atoms with van der Waals surface area (Å²) in [5, 5.41) is 4.04. The predicted molar refractivity (Wildman–Crippen MR) is 151 cm³/mol. The number of nitrogens with zero attached hydrogens (tertiary/aromatic N) is 5. The number of rotatable bonds is 4. The molecule has 0 atom stereocenters. The first-order chi connectivity index (χ1) is 19.6. The zero-order valence-electron chi connectivity index (χ0n) is 22.6. The molecule has 210 valence electrons. The molecule has 0 radical (unpaired) electrons. The van der Waals surface area contributed by atoms with E-state index in [1.807, 2.05) is 11.9 Å². The number of amides is 1. The maximum Gasteiger partial charge on any atom is 0.416 e. The van der Waals surface area contributed by atoms with Crippen LogP contribution in [-0.4, -0.2) is 63.9 Å². The maximum atomic E-state index is 14.0. The number of carbonyl (C=O) groups excluding carboxylic acids is 1. The first-order valence-corrected chi connectivity index (χ1v) is 13.0. The number of halogens is 3. The quantitative estimate of drug-likeness (QED) is 0.359. The second kappa shape index (κ2) is 11.5. The topological polar surface area (TPSA) is 100 Å². The number of carbonyl (C=O) groups is 1. The highest BCUT2D eigenvalue weighted by molar-refractivity contribution is 6.04. The Kier molecular flexibility index (Phi) is 7.88. The SMILES string of the molecule is Cc1ncc(C(=O)Nc2ccc(CN3CCN(C)CC3)c(C(F)(F)F)c2)cc1C#Cc1cnc(N)c2ccncc12. The number of nitrogens with one attached hydrogen (secondary N) is 1. The van der Waals surface area contributed by atoms with Gasteiger partial charge in [0.2, 0.25) is 0 Å². The number of piperazine rings is 1. The summed E-state index contributed by atoms with van der Waals surface area (Å²) in [5.74, 6) is 5.84. The van der Waals surface area contributed by atoms with Crippen LogP contribution >= 0.6 is 0 Å². The average Bonchev–Trinajstić information content (AvgIpc) is 2.95. The Bertz CT molecular complexity index is 1670. The molecule has 0 bridgehead atoms. The van der Waals surface area contributed by atoms with Crippen molar-refractivity contribution in [2.45, 2.75) is 19.6 Å². The highest BCUT2D eigenvalue weighted by Gasteiger charge is 2.34. The molecule has 8 nitrogen and oxygen atoms in total. The van der Waals surface area contributed by atoms with Gasteiger partial charge in [-0.25, -0.2) is 4.98 Å². The molecule has 1 aliphatic heterocycles. The standard InChI is InChI=1S/C30H28F3N7O/c1-19-20(3-4-21-15-37-28(34)25-7-8-35-17-26(21)25)13-23(16-36-19)29(41)38-24-6-5-22(27(14-24)30(31,32)33)18-40-11-9-39(2)10-12-40/h5-8,13-17H,9-12,18H2,1-2H3,(H2,34,37)(H,38,41). The number of anilines is 2. The van der Waals surface area contributed by atoms with E-state index in [0.29, 0.717) is 35.7 Å². The second-order valence-corrected chi connectivity index (χ2v) is 9.99. The highest BCUT2D eigenvalue weighted by Crippen LogP contribution is 2.34. The van der Waals surface area contributed by atoms with Crippen molar-refractivity contribution >= 4 is 28.2 Å². The fourth-order valence-corrected chi connectivity index (χ4v) is 4.63. The summed E-state index contributed by atoms with van der Waals surface area (Å²) < 4.78 is 41.9. The molecule has 41 heavy (non-hydrogen) atoms. The van der Waals surface area contributed by atoms with Crippen LogP contribution in [-0.2, 0) is 12.7 Å². The van der Waals surface area contributed by atoms with E-state index in [9.17, 15) is 18.0 Å². The third-order valence-corrected chi connectivity index (χ3v) is 7.06. The van der Waals surface area contributed by atoms with Crippen molar-refractivity contribution in [3.8, 4) is 11.8 Å². The van der Waals surface area contributed by atoms with E-state index < -0.39 is 17.6 Å². The Morgan fingerprint density at radius 2 is 1.76 bits per heavy atom. The smallest absolute Gasteiger partial charge is 0.383 e. The van der Waals surface area contributed by atoms with Gasteiger partial charge in [0.15, 0.2) is 0 Å². The molecule has 4 aromatic rings. The van der Waals surface area contributed by atoms with Gasteiger partial charge in [-0.3, -0.25) is 19.7 Å². The fraction of sp³-hybridized carbons (Fsp3) is 0.267. The lowest BCUT2D eigenvalue weighted by atomic mass is 10.0. The van der Waals surface area contributed by atoms with Gasteiger partial charge in [-0.1, -0.05) is 17.9 Å². The summed E-state index contributed by atoms with van der Waals surface area (Å²) in [6.45, 7) is 4.94. The third-order valence-electron chi connectivity index (χ3n) is 7.06. The highest BCUT2D eigenvalue weighted by atomic mass is 19.4. The predicted octanol–water partition coefficient (Wildman–Crippen LogP) is 4.33. The maximum absolute atomic E-state index is 14.0. The minimum absolute atomic E-state index is 0.0459. The Morgan fingerprint density at radius 3 is 2.51 bits per heavy atom. The van der Waals surface area contributed by atoms with Crippen molar-refractivity contribution in [2.24, 2.45) is 0 Å². The minimum atomic E-state index is -4.56. The zero-order valence-corrected chi connectivity index (χ0v) is 22.6. The molecule has 3 aromatic heterocycles. The van der Waals surface area contributed by atoms with Crippen LogP contribution < -0.4 is 11.1 Å². The van der Waals surface area contributed by atoms with E-state index >= 15 is 0 Å². The molecule has 1 amide bonds. The summed E-state index contributed by atoms with van der Waals surface area (Å²) in [4.78, 5) is 29.8. The molecule has 0 aliphatic carbocycles. The van der Waals surface area contributed by atoms with Gasteiger partial charge >= 0.3 is 6.18 Å². The number of alkyl halides is 3. The van der Waals surface area contributed by atoms with Gasteiger partial charge in [-0.2, -0.15) is 13.2 Å². The summed E-state index contributed by atoms with van der Waals surface area (Å²) in [7, 11) is 1.99. The molecule has 0 spiro atoms. The number of pyridine rings is 3. The third kappa shape index (κ3) is 6.45. The zero-order chi connectivity index (χ0) is 29.1. The fourth-order valence-electron chi connectivity index (χ4n) is 4.63. The molecular formula is C30H28F3N7O. The molecule has 0 saturated carbocycles. The van der Waals surface area contributed by atoms with Crippen LogP contribution in [0.4, 0.5) is 24.7 Å². The van der Waals surface area contributed by atoms with Crippen molar-refractivity contribution in [3.63, 3.8) is 0 Å². The minimum Gasteiger partial charge on any atom is -0.383 e. The van der Waals surface area contributed by atoms with Crippen LogP contribution in [0.3, 0.4) is 0 Å². The second-order valence-electron chi connectivity index (χ2n) is 9.99. The van der Waals surface area contributed by atoms with Crippen molar-refractivity contribution in [3.05, 3.63) is 88.6 Å².